The zero-order chi connectivity index (χ0) is 36.1. The first-order valence-electron chi connectivity index (χ1n) is 19.2. The van der Waals surface area contributed by atoms with Crippen molar-refractivity contribution in [3.8, 4) is 0 Å². The Morgan fingerprint density at radius 1 is 1.14 bits per heavy atom. The summed E-state index contributed by atoms with van der Waals surface area (Å²) in [5.41, 5.74) is 7.53. The molecule has 0 spiro atoms. The van der Waals surface area contributed by atoms with E-state index in [-0.39, 0.29) is 45.1 Å². The van der Waals surface area contributed by atoms with E-state index >= 15 is 0 Å². The molecule has 2 heterocycles. The molecule has 0 aromatic carbocycles. The molecule has 12 atom stereocenters. The van der Waals surface area contributed by atoms with Crippen LogP contribution in [0.4, 0.5) is 0 Å². The van der Waals surface area contributed by atoms with Gasteiger partial charge in [-0.25, -0.2) is 9.67 Å². The Morgan fingerprint density at radius 2 is 1.84 bits per heavy atom. The summed E-state index contributed by atoms with van der Waals surface area (Å²) >= 11 is 0. The Balaban J connectivity index is 1.47. The lowest BCUT2D eigenvalue weighted by molar-refractivity contribution is -0.252. The van der Waals surface area contributed by atoms with E-state index in [1.807, 2.05) is 6.92 Å². The lowest BCUT2D eigenvalue weighted by Gasteiger charge is -2.71. The molecule has 1 aliphatic heterocycles. The number of carboxylic acids is 1. The van der Waals surface area contributed by atoms with Crippen LogP contribution in [-0.2, 0) is 14.3 Å². The Labute approximate surface area is 296 Å². The highest BCUT2D eigenvalue weighted by molar-refractivity contribution is 5.73. The molecule has 0 amide bonds. The van der Waals surface area contributed by atoms with Gasteiger partial charge in [-0.15, -0.1) is 0 Å². The highest BCUT2D eigenvalue weighted by Crippen LogP contribution is 2.75. The van der Waals surface area contributed by atoms with Crippen molar-refractivity contribution >= 4 is 11.5 Å². The second-order valence-electron chi connectivity index (χ2n) is 19.3. The molecule has 3 saturated carbocycles. The fourth-order valence-electron chi connectivity index (χ4n) is 12.4. The van der Waals surface area contributed by atoms with Gasteiger partial charge < -0.3 is 20.3 Å². The average molecular weight is 679 g/mol. The molecule has 1 saturated heterocycles. The van der Waals surface area contributed by atoms with Crippen molar-refractivity contribution in [3.05, 3.63) is 30.4 Å². The Kier molecular flexibility index (Phi) is 9.01. The third kappa shape index (κ3) is 5.10. The molecule has 8 heteroatoms. The number of nitrogens with zero attached hydrogens (tertiary/aromatic N) is 3. The van der Waals surface area contributed by atoms with Gasteiger partial charge in [-0.3, -0.25) is 4.79 Å². The number of fused-ring (bicyclic) bond motifs is 3. The van der Waals surface area contributed by atoms with Crippen molar-refractivity contribution in [1.82, 2.24) is 14.8 Å². The van der Waals surface area contributed by atoms with E-state index in [4.69, 9.17) is 20.3 Å². The SMILES string of the molecule is C=C(C)c1ncnn1[C@@H]1C[C@@]23COC[C@](C)([C@@H]2CC[C@H]2C3=CC[C@@]3(C)[C@H](C(=O)O)[C@@](C)([C@H](C)C(C)C)CC[C@]23C)[C@H]1OC[C@](C)(N)C(C)C. The minimum Gasteiger partial charge on any atom is -0.481 e. The maximum Gasteiger partial charge on any atom is 0.307 e. The summed E-state index contributed by atoms with van der Waals surface area (Å²) in [5, 5.41) is 15.9. The molecular formula is C41H66N4O4. The number of carbonyl (C=O) groups is 1. The Hall–Kier alpha value is -2.03. The van der Waals surface area contributed by atoms with Crippen molar-refractivity contribution in [2.24, 2.45) is 68.3 Å². The number of hydrogen-bond acceptors (Lipinski definition) is 6. The van der Waals surface area contributed by atoms with Crippen molar-refractivity contribution < 1.29 is 19.4 Å². The molecule has 5 aliphatic rings. The minimum absolute atomic E-state index is 0.0728. The summed E-state index contributed by atoms with van der Waals surface area (Å²) in [7, 11) is 0. The molecule has 49 heavy (non-hydrogen) atoms. The second-order valence-corrected chi connectivity index (χ2v) is 19.3. The fourth-order valence-corrected chi connectivity index (χ4v) is 12.4. The van der Waals surface area contributed by atoms with Gasteiger partial charge in [-0.05, 0) is 104 Å². The predicted octanol–water partition coefficient (Wildman–Crippen LogP) is 8.20. The van der Waals surface area contributed by atoms with Crippen LogP contribution in [0, 0.1) is 62.6 Å². The molecule has 0 unspecified atom stereocenters. The fraction of sp³-hybridized carbons (Fsp3) is 0.829. The zero-order valence-electron chi connectivity index (χ0n) is 32.4. The first-order valence-corrected chi connectivity index (χ1v) is 19.2. The van der Waals surface area contributed by atoms with E-state index in [1.165, 1.54) is 5.57 Å². The third-order valence-electron chi connectivity index (χ3n) is 16.3. The molecule has 8 nitrogen and oxygen atoms in total. The summed E-state index contributed by atoms with van der Waals surface area (Å²) in [6.07, 6.45) is 9.75. The minimum atomic E-state index is -0.620. The molecule has 1 aromatic rings. The van der Waals surface area contributed by atoms with Gasteiger partial charge in [0, 0.05) is 16.4 Å². The topological polar surface area (TPSA) is 112 Å². The standard InChI is InChI=1S/C41H66N4O4/c1-24(2)27(7)36(8)17-18-38(10)28-13-14-31-37(9)20-48-22-41(31,29(28)15-16-39(38,11)32(36)35(46)47)19-30(45-34(25(3)4)43-23-44-45)33(37)49-21-40(12,42)26(5)6/h15,23-24,26-28,30-33H,3,13-14,16-22,42H2,1-2,4-12H3,(H,46,47)/t27-,28+,30-,31+,32-,33+,36-,37-,38-,39+,40+,41+/m1/s1. The van der Waals surface area contributed by atoms with Gasteiger partial charge >= 0.3 is 5.97 Å². The molecule has 0 radical (unpaired) electrons. The highest BCUT2D eigenvalue weighted by atomic mass is 16.5. The van der Waals surface area contributed by atoms with Crippen molar-refractivity contribution in [3.63, 3.8) is 0 Å². The van der Waals surface area contributed by atoms with E-state index in [0.717, 1.165) is 49.9 Å². The second kappa shape index (κ2) is 12.0. The summed E-state index contributed by atoms with van der Waals surface area (Å²) in [6.45, 7) is 30.7. The van der Waals surface area contributed by atoms with Crippen molar-refractivity contribution in [1.29, 1.82) is 0 Å². The number of rotatable bonds is 9. The van der Waals surface area contributed by atoms with E-state index in [9.17, 15) is 9.90 Å². The molecule has 3 N–H and O–H groups in total. The van der Waals surface area contributed by atoms with E-state index in [2.05, 4.69) is 91.6 Å². The number of hydrogen-bond donors (Lipinski definition) is 2. The molecule has 6 rings (SSSR count). The van der Waals surface area contributed by atoms with Crippen LogP contribution in [0.2, 0.25) is 0 Å². The lowest BCUT2D eigenvalue weighted by Crippen LogP contribution is -2.69. The smallest absolute Gasteiger partial charge is 0.307 e. The number of aromatic nitrogens is 3. The first-order chi connectivity index (χ1) is 22.7. The van der Waals surface area contributed by atoms with Gasteiger partial charge in [-0.1, -0.05) is 80.5 Å². The van der Waals surface area contributed by atoms with Crippen LogP contribution in [0.1, 0.15) is 127 Å². The molecule has 274 valence electrons. The molecule has 1 aromatic heterocycles. The summed E-state index contributed by atoms with van der Waals surface area (Å²) in [5.74, 6) is 1.44. The van der Waals surface area contributed by atoms with Crippen LogP contribution in [0.3, 0.4) is 0 Å². The molecule has 2 bridgehead atoms. The van der Waals surface area contributed by atoms with E-state index in [1.54, 1.807) is 6.33 Å². The number of nitrogens with two attached hydrogens (primary N) is 1. The maximum atomic E-state index is 13.5. The summed E-state index contributed by atoms with van der Waals surface area (Å²) in [4.78, 5) is 18.2. The summed E-state index contributed by atoms with van der Waals surface area (Å²) in [6, 6.07) is -0.0728. The quantitative estimate of drug-likeness (QED) is 0.253. The first kappa shape index (κ1) is 36.8. The van der Waals surface area contributed by atoms with Crippen LogP contribution < -0.4 is 5.73 Å². The molecule has 4 fully saturated rings. The van der Waals surface area contributed by atoms with Crippen LogP contribution in [0.25, 0.3) is 5.57 Å². The van der Waals surface area contributed by atoms with Crippen LogP contribution >= 0.6 is 0 Å². The monoisotopic (exact) mass is 679 g/mol. The largest absolute Gasteiger partial charge is 0.481 e. The van der Waals surface area contributed by atoms with E-state index < -0.39 is 17.4 Å². The third-order valence-corrected chi connectivity index (χ3v) is 16.3. The normalized spacial score (nSPS) is 43.6. The van der Waals surface area contributed by atoms with Crippen molar-refractivity contribution in [2.45, 2.75) is 132 Å². The number of aliphatic carboxylic acids is 1. The van der Waals surface area contributed by atoms with Gasteiger partial charge in [0.1, 0.15) is 6.33 Å². The van der Waals surface area contributed by atoms with Gasteiger partial charge in [0.05, 0.1) is 37.9 Å². The van der Waals surface area contributed by atoms with Gasteiger partial charge in [0.25, 0.3) is 0 Å². The van der Waals surface area contributed by atoms with Gasteiger partial charge in [0.2, 0.25) is 0 Å². The summed E-state index contributed by atoms with van der Waals surface area (Å²) < 4.78 is 15.9. The predicted molar refractivity (Wildman–Crippen MR) is 195 cm³/mol. The van der Waals surface area contributed by atoms with E-state index in [0.29, 0.717) is 43.5 Å². The zero-order valence-corrected chi connectivity index (χ0v) is 32.4. The van der Waals surface area contributed by atoms with Crippen LogP contribution in [0.5, 0.6) is 0 Å². The molecular weight excluding hydrogens is 612 g/mol. The average Bonchev–Trinajstić information content (AvgIpc) is 3.50. The Morgan fingerprint density at radius 3 is 2.45 bits per heavy atom. The van der Waals surface area contributed by atoms with Gasteiger partial charge in [0.15, 0.2) is 5.82 Å². The Bertz CT molecular complexity index is 1500. The van der Waals surface area contributed by atoms with Gasteiger partial charge in [-0.2, -0.15) is 5.10 Å². The van der Waals surface area contributed by atoms with Crippen molar-refractivity contribution in [2.75, 3.05) is 19.8 Å². The lowest BCUT2D eigenvalue weighted by atomic mass is 9.34. The van der Waals surface area contributed by atoms with Crippen LogP contribution in [-0.4, -0.2) is 57.3 Å². The maximum absolute atomic E-state index is 13.5. The highest BCUT2D eigenvalue weighted by Gasteiger charge is 2.72. The number of allylic oxidation sites excluding steroid dienone is 2. The molecule has 4 aliphatic carbocycles. The number of carboxylic acid groups (broad SMARTS) is 1. The van der Waals surface area contributed by atoms with Crippen LogP contribution in [0.15, 0.2) is 24.6 Å². The number of ether oxygens (including phenoxy) is 2.